The van der Waals surface area contributed by atoms with Gasteiger partial charge in [0, 0.05) is 56.4 Å². The minimum atomic E-state index is -0.687. The van der Waals surface area contributed by atoms with E-state index >= 15 is 0 Å². The Morgan fingerprint density at radius 3 is 2.32 bits per heavy atom. The SMILES string of the molecule is CC.CC(C)OC(=O)N1CCN(C(=O)C(=O)c2c[nH]c3c(-c4cnccn4)ncc(Cl)c23)CC1. The second-order valence-electron chi connectivity index (χ2n) is 7.54. The van der Waals surface area contributed by atoms with Gasteiger partial charge in [0.25, 0.3) is 11.7 Å². The van der Waals surface area contributed by atoms with E-state index in [1.165, 1.54) is 28.4 Å². The number of carbonyl (C=O) groups is 3. The lowest BCUT2D eigenvalue weighted by molar-refractivity contribution is -0.128. The number of Topliss-reactive ketones (excluding diaryl/α,β-unsaturated/α-hetero) is 1. The van der Waals surface area contributed by atoms with E-state index in [4.69, 9.17) is 16.3 Å². The number of carbonyl (C=O) groups excluding carboxylic acids is 3. The van der Waals surface area contributed by atoms with Crippen molar-refractivity contribution >= 4 is 40.3 Å². The maximum absolute atomic E-state index is 13.1. The number of fused-ring (bicyclic) bond motifs is 1. The highest BCUT2D eigenvalue weighted by molar-refractivity contribution is 6.47. The van der Waals surface area contributed by atoms with Gasteiger partial charge in [0.1, 0.15) is 11.4 Å². The summed E-state index contributed by atoms with van der Waals surface area (Å²) < 4.78 is 5.18. The smallest absolute Gasteiger partial charge is 0.410 e. The number of ketones is 1. The average molecular weight is 487 g/mol. The number of amides is 2. The van der Waals surface area contributed by atoms with E-state index in [-0.39, 0.29) is 29.8 Å². The van der Waals surface area contributed by atoms with Gasteiger partial charge in [-0.3, -0.25) is 24.5 Å². The molecule has 0 radical (unpaired) electrons. The number of aromatic amines is 1. The van der Waals surface area contributed by atoms with Crippen LogP contribution < -0.4 is 0 Å². The van der Waals surface area contributed by atoms with Crippen LogP contribution in [0.2, 0.25) is 5.02 Å². The fourth-order valence-electron chi connectivity index (χ4n) is 3.53. The molecule has 2 amide bonds. The Hall–Kier alpha value is -3.53. The van der Waals surface area contributed by atoms with Gasteiger partial charge in [-0.1, -0.05) is 25.4 Å². The molecule has 4 rings (SSSR count). The molecule has 1 aliphatic rings. The quantitative estimate of drug-likeness (QED) is 0.442. The molecule has 0 atom stereocenters. The first-order valence-electron chi connectivity index (χ1n) is 11.1. The first-order chi connectivity index (χ1) is 16.4. The standard InChI is InChI=1S/C21H21ClN6O4.C2H6/c1-12(2)32-21(31)28-7-5-27(6-8-28)20(30)19(29)13-9-25-18-16(13)14(22)10-26-17(18)15-11-23-3-4-24-15;1-2/h3-4,9-12,25H,5-8H2,1-2H3;1-2H3. The van der Waals surface area contributed by atoms with Crippen molar-refractivity contribution < 1.29 is 19.1 Å². The number of H-pyrrole nitrogens is 1. The number of nitrogens with zero attached hydrogens (tertiary/aromatic N) is 5. The Labute approximate surface area is 202 Å². The van der Waals surface area contributed by atoms with E-state index in [2.05, 4.69) is 19.9 Å². The molecule has 1 aliphatic heterocycles. The lowest BCUT2D eigenvalue weighted by Gasteiger charge is -2.34. The van der Waals surface area contributed by atoms with Gasteiger partial charge < -0.3 is 19.5 Å². The predicted octanol–water partition coefficient (Wildman–Crippen LogP) is 3.57. The van der Waals surface area contributed by atoms with Crippen molar-refractivity contribution in [1.29, 1.82) is 0 Å². The van der Waals surface area contributed by atoms with Crippen molar-refractivity contribution in [3.05, 3.63) is 41.6 Å². The molecule has 4 heterocycles. The number of piperazine rings is 1. The molecule has 10 nitrogen and oxygen atoms in total. The first-order valence-corrected chi connectivity index (χ1v) is 11.5. The highest BCUT2D eigenvalue weighted by atomic mass is 35.5. The Kier molecular flexibility index (Phi) is 8.17. The zero-order valence-electron chi connectivity index (χ0n) is 19.5. The van der Waals surface area contributed by atoms with Gasteiger partial charge >= 0.3 is 6.09 Å². The van der Waals surface area contributed by atoms with Crippen LogP contribution in [-0.2, 0) is 9.53 Å². The molecule has 11 heteroatoms. The lowest BCUT2D eigenvalue weighted by atomic mass is 10.1. The van der Waals surface area contributed by atoms with Crippen LogP contribution in [0.25, 0.3) is 22.3 Å². The van der Waals surface area contributed by atoms with E-state index in [1.807, 2.05) is 13.8 Å². The molecule has 0 unspecified atom stereocenters. The van der Waals surface area contributed by atoms with Gasteiger partial charge in [-0.15, -0.1) is 0 Å². The van der Waals surface area contributed by atoms with Crippen LogP contribution in [0.4, 0.5) is 4.79 Å². The second-order valence-corrected chi connectivity index (χ2v) is 7.95. The van der Waals surface area contributed by atoms with Gasteiger partial charge in [-0.25, -0.2) is 4.79 Å². The van der Waals surface area contributed by atoms with E-state index < -0.39 is 17.8 Å². The predicted molar refractivity (Wildman–Crippen MR) is 128 cm³/mol. The number of rotatable bonds is 4. The van der Waals surface area contributed by atoms with Crippen LogP contribution in [0.5, 0.6) is 0 Å². The first kappa shape index (κ1) is 25.1. The summed E-state index contributed by atoms with van der Waals surface area (Å²) >= 11 is 6.34. The largest absolute Gasteiger partial charge is 0.447 e. The average Bonchev–Trinajstić information content (AvgIpc) is 3.31. The molecular weight excluding hydrogens is 460 g/mol. The molecule has 0 aliphatic carbocycles. The molecule has 180 valence electrons. The molecule has 1 fully saturated rings. The topological polar surface area (TPSA) is 121 Å². The molecule has 3 aromatic heterocycles. The third-order valence-corrected chi connectivity index (χ3v) is 5.36. The zero-order valence-corrected chi connectivity index (χ0v) is 20.3. The molecule has 1 N–H and O–H groups in total. The molecule has 1 saturated heterocycles. The number of ether oxygens (including phenoxy) is 1. The summed E-state index contributed by atoms with van der Waals surface area (Å²) in [4.78, 5) is 56.5. The van der Waals surface area contributed by atoms with Crippen LogP contribution in [0, 0.1) is 0 Å². The van der Waals surface area contributed by atoms with Crippen LogP contribution in [0.15, 0.2) is 31.0 Å². The monoisotopic (exact) mass is 486 g/mol. The molecule has 34 heavy (non-hydrogen) atoms. The van der Waals surface area contributed by atoms with Gasteiger partial charge in [-0.2, -0.15) is 0 Å². The molecule has 0 aromatic carbocycles. The van der Waals surface area contributed by atoms with Crippen LogP contribution >= 0.6 is 11.6 Å². The van der Waals surface area contributed by atoms with E-state index in [0.29, 0.717) is 35.4 Å². The van der Waals surface area contributed by atoms with Crippen molar-refractivity contribution in [3.63, 3.8) is 0 Å². The normalized spacial score (nSPS) is 13.5. The third kappa shape index (κ3) is 5.17. The minimum absolute atomic E-state index is 0.157. The Morgan fingerprint density at radius 2 is 1.71 bits per heavy atom. The Balaban J connectivity index is 0.00000158. The number of aromatic nitrogens is 4. The maximum Gasteiger partial charge on any atom is 0.410 e. The van der Waals surface area contributed by atoms with Crippen molar-refractivity contribution in [1.82, 2.24) is 29.7 Å². The summed E-state index contributed by atoms with van der Waals surface area (Å²) in [5.41, 5.74) is 1.63. The van der Waals surface area contributed by atoms with Crippen LogP contribution in [-0.4, -0.2) is 79.8 Å². The number of pyridine rings is 1. The van der Waals surface area contributed by atoms with Crippen molar-refractivity contribution in [2.24, 2.45) is 0 Å². The number of hydrogen-bond acceptors (Lipinski definition) is 7. The Bertz CT molecular complexity index is 1170. The summed E-state index contributed by atoms with van der Waals surface area (Å²) in [6.07, 6.45) is 6.85. The van der Waals surface area contributed by atoms with E-state index in [1.54, 1.807) is 26.2 Å². The van der Waals surface area contributed by atoms with Crippen LogP contribution in [0.3, 0.4) is 0 Å². The molecule has 0 spiro atoms. The molecule has 0 saturated carbocycles. The summed E-state index contributed by atoms with van der Waals surface area (Å²) in [5, 5.41) is 0.645. The minimum Gasteiger partial charge on any atom is -0.447 e. The summed E-state index contributed by atoms with van der Waals surface area (Å²) in [5.74, 6) is -1.34. The highest BCUT2D eigenvalue weighted by Gasteiger charge is 2.31. The molecular formula is C23H27ClN6O4. The fraction of sp³-hybridized carbons (Fsp3) is 0.391. The highest BCUT2D eigenvalue weighted by Crippen LogP contribution is 2.32. The number of hydrogen-bond donors (Lipinski definition) is 1. The van der Waals surface area contributed by atoms with Crippen molar-refractivity contribution in [2.45, 2.75) is 33.8 Å². The second kappa shape index (κ2) is 11.1. The summed E-state index contributed by atoms with van der Waals surface area (Å²) in [6, 6.07) is 0. The number of halogens is 1. The van der Waals surface area contributed by atoms with E-state index in [0.717, 1.165) is 0 Å². The Morgan fingerprint density at radius 1 is 1.03 bits per heavy atom. The van der Waals surface area contributed by atoms with Gasteiger partial charge in [0.05, 0.1) is 28.4 Å². The van der Waals surface area contributed by atoms with Crippen molar-refractivity contribution in [3.8, 4) is 11.4 Å². The fourth-order valence-corrected chi connectivity index (χ4v) is 3.78. The molecule has 0 bridgehead atoms. The maximum atomic E-state index is 13.1. The lowest BCUT2D eigenvalue weighted by Crippen LogP contribution is -2.52. The van der Waals surface area contributed by atoms with Gasteiger partial charge in [0.15, 0.2) is 0 Å². The van der Waals surface area contributed by atoms with Gasteiger partial charge in [0.2, 0.25) is 0 Å². The van der Waals surface area contributed by atoms with Crippen LogP contribution in [0.1, 0.15) is 38.1 Å². The zero-order chi connectivity index (χ0) is 24.8. The molecule has 3 aromatic rings. The summed E-state index contributed by atoms with van der Waals surface area (Å²) in [6.45, 7) is 8.60. The number of nitrogens with one attached hydrogen (secondary N) is 1. The van der Waals surface area contributed by atoms with Crippen molar-refractivity contribution in [2.75, 3.05) is 26.2 Å². The third-order valence-electron chi connectivity index (χ3n) is 5.07. The van der Waals surface area contributed by atoms with Gasteiger partial charge in [-0.05, 0) is 13.8 Å². The summed E-state index contributed by atoms with van der Waals surface area (Å²) in [7, 11) is 0. The van der Waals surface area contributed by atoms with E-state index in [9.17, 15) is 14.4 Å².